The number of anilines is 2. The van der Waals surface area contributed by atoms with Crippen molar-refractivity contribution in [1.29, 1.82) is 0 Å². The Bertz CT molecular complexity index is 1050. The Hall–Kier alpha value is -3.03. The lowest BCUT2D eigenvalue weighted by atomic mass is 10.1. The number of nitrogens with one attached hydrogen (secondary N) is 1. The van der Waals surface area contributed by atoms with E-state index in [0.29, 0.717) is 41.9 Å². The Morgan fingerprint density at radius 2 is 1.71 bits per heavy atom. The highest BCUT2D eigenvalue weighted by molar-refractivity contribution is 6.36. The molecule has 1 saturated heterocycles. The molecule has 9 heteroatoms. The van der Waals surface area contributed by atoms with Crippen LogP contribution in [-0.4, -0.2) is 54.4 Å². The van der Waals surface area contributed by atoms with E-state index in [0.717, 1.165) is 22.8 Å². The van der Waals surface area contributed by atoms with E-state index < -0.39 is 0 Å². The topological polar surface area (TPSA) is 70.6 Å². The van der Waals surface area contributed by atoms with E-state index in [4.69, 9.17) is 27.9 Å². The number of aromatic nitrogens is 2. The van der Waals surface area contributed by atoms with E-state index in [1.165, 1.54) is 0 Å². The average molecular weight is 458 g/mol. The number of carbonyl (C=O) groups excluding carboxylic acids is 1. The van der Waals surface area contributed by atoms with Crippen LogP contribution in [0, 0.1) is 0 Å². The van der Waals surface area contributed by atoms with Crippen LogP contribution in [0.15, 0.2) is 54.6 Å². The third kappa shape index (κ3) is 5.00. The number of urea groups is 1. The smallest absolute Gasteiger partial charge is 0.321 e. The van der Waals surface area contributed by atoms with Gasteiger partial charge >= 0.3 is 6.03 Å². The lowest BCUT2D eigenvalue weighted by Crippen LogP contribution is -2.50. The zero-order valence-electron chi connectivity index (χ0n) is 16.9. The van der Waals surface area contributed by atoms with E-state index >= 15 is 0 Å². The van der Waals surface area contributed by atoms with Gasteiger partial charge in [-0.15, -0.1) is 10.2 Å². The Kier molecular flexibility index (Phi) is 6.44. The van der Waals surface area contributed by atoms with Crippen molar-refractivity contribution in [3.05, 3.63) is 64.6 Å². The highest BCUT2D eigenvalue weighted by Gasteiger charge is 2.22. The first-order valence-corrected chi connectivity index (χ1v) is 10.5. The molecule has 1 aliphatic rings. The van der Waals surface area contributed by atoms with Crippen LogP contribution in [0.3, 0.4) is 0 Å². The third-order valence-electron chi connectivity index (χ3n) is 5.09. The molecule has 1 aromatic heterocycles. The van der Waals surface area contributed by atoms with E-state index in [2.05, 4.69) is 20.4 Å². The van der Waals surface area contributed by atoms with Crippen molar-refractivity contribution in [2.24, 2.45) is 0 Å². The van der Waals surface area contributed by atoms with Crippen LogP contribution < -0.4 is 15.0 Å². The number of piperazine rings is 1. The molecular formula is C22H21Cl2N5O2. The van der Waals surface area contributed by atoms with E-state index in [1.807, 2.05) is 42.5 Å². The molecule has 1 fully saturated rings. The van der Waals surface area contributed by atoms with Gasteiger partial charge in [-0.3, -0.25) is 0 Å². The van der Waals surface area contributed by atoms with Gasteiger partial charge in [0.1, 0.15) is 5.75 Å². The van der Waals surface area contributed by atoms with Gasteiger partial charge in [0.25, 0.3) is 0 Å². The second kappa shape index (κ2) is 9.41. The van der Waals surface area contributed by atoms with Gasteiger partial charge < -0.3 is 19.9 Å². The lowest BCUT2D eigenvalue weighted by Gasteiger charge is -2.35. The summed E-state index contributed by atoms with van der Waals surface area (Å²) in [5.41, 5.74) is 2.20. The molecule has 0 saturated carbocycles. The molecule has 1 N–H and O–H groups in total. The maximum Gasteiger partial charge on any atom is 0.321 e. The van der Waals surface area contributed by atoms with E-state index in [-0.39, 0.29) is 6.03 Å². The fraction of sp³-hybridized carbons (Fsp3) is 0.227. The van der Waals surface area contributed by atoms with Gasteiger partial charge in [0.05, 0.1) is 17.8 Å². The summed E-state index contributed by atoms with van der Waals surface area (Å²) in [4.78, 5) is 16.4. The minimum absolute atomic E-state index is 0.122. The van der Waals surface area contributed by atoms with Crippen molar-refractivity contribution >= 4 is 40.7 Å². The minimum atomic E-state index is -0.122. The average Bonchev–Trinajstić information content (AvgIpc) is 2.80. The zero-order chi connectivity index (χ0) is 21.8. The van der Waals surface area contributed by atoms with Crippen LogP contribution in [0.5, 0.6) is 5.75 Å². The normalized spacial score (nSPS) is 13.8. The van der Waals surface area contributed by atoms with Crippen molar-refractivity contribution in [3.8, 4) is 17.0 Å². The van der Waals surface area contributed by atoms with Gasteiger partial charge in [0.2, 0.25) is 0 Å². The summed E-state index contributed by atoms with van der Waals surface area (Å²) >= 11 is 12.2. The summed E-state index contributed by atoms with van der Waals surface area (Å²) in [5, 5.41) is 12.7. The number of methoxy groups -OCH3 is 1. The fourth-order valence-corrected chi connectivity index (χ4v) is 3.86. The minimum Gasteiger partial charge on any atom is -0.497 e. The van der Waals surface area contributed by atoms with Gasteiger partial charge in [-0.1, -0.05) is 23.2 Å². The monoisotopic (exact) mass is 457 g/mol. The number of rotatable bonds is 4. The van der Waals surface area contributed by atoms with Crippen molar-refractivity contribution in [2.75, 3.05) is 43.5 Å². The molecule has 0 bridgehead atoms. The first kappa shape index (κ1) is 21.2. The van der Waals surface area contributed by atoms with Crippen LogP contribution in [-0.2, 0) is 0 Å². The molecule has 3 aromatic rings. The summed E-state index contributed by atoms with van der Waals surface area (Å²) in [6, 6.07) is 16.2. The van der Waals surface area contributed by atoms with Gasteiger partial charge in [0.15, 0.2) is 5.82 Å². The molecule has 7 nitrogen and oxygen atoms in total. The van der Waals surface area contributed by atoms with E-state index in [9.17, 15) is 4.79 Å². The summed E-state index contributed by atoms with van der Waals surface area (Å²) in [6.07, 6.45) is 0. The number of amides is 2. The first-order chi connectivity index (χ1) is 15.0. The predicted octanol–water partition coefficient (Wildman–Crippen LogP) is 4.81. The molecule has 2 amide bonds. The van der Waals surface area contributed by atoms with Gasteiger partial charge in [-0.05, 0) is 54.6 Å². The molecule has 0 unspecified atom stereocenters. The van der Waals surface area contributed by atoms with Crippen molar-refractivity contribution in [3.63, 3.8) is 0 Å². The summed E-state index contributed by atoms with van der Waals surface area (Å²) < 4.78 is 5.14. The highest BCUT2D eigenvalue weighted by Crippen LogP contribution is 2.29. The number of nitrogens with zero attached hydrogens (tertiary/aromatic N) is 4. The number of benzene rings is 2. The molecule has 2 heterocycles. The van der Waals surface area contributed by atoms with Gasteiger partial charge in [-0.2, -0.15) is 0 Å². The standard InChI is InChI=1S/C22H21Cl2N5O2/c1-31-17-5-3-16(4-6-17)25-22(30)29-12-10-28(11-13-29)21-9-8-20(26-27-21)18-7-2-15(23)14-19(18)24/h2-9,14H,10-13H2,1H3,(H,25,30). The predicted molar refractivity (Wildman–Crippen MR) is 123 cm³/mol. The quantitative estimate of drug-likeness (QED) is 0.608. The van der Waals surface area contributed by atoms with Crippen LogP contribution in [0.1, 0.15) is 0 Å². The first-order valence-electron chi connectivity index (χ1n) is 9.77. The third-order valence-corrected chi connectivity index (χ3v) is 5.64. The molecule has 0 spiro atoms. The van der Waals surface area contributed by atoms with Crippen molar-refractivity contribution in [1.82, 2.24) is 15.1 Å². The Balaban J connectivity index is 1.34. The number of carbonyl (C=O) groups is 1. The molecule has 0 atom stereocenters. The molecule has 0 radical (unpaired) electrons. The van der Waals surface area contributed by atoms with Crippen LogP contribution >= 0.6 is 23.2 Å². The maximum atomic E-state index is 12.5. The Morgan fingerprint density at radius 3 is 2.32 bits per heavy atom. The van der Waals surface area contributed by atoms with Crippen molar-refractivity contribution < 1.29 is 9.53 Å². The molecule has 160 valence electrons. The van der Waals surface area contributed by atoms with Gasteiger partial charge in [-0.25, -0.2) is 4.79 Å². The summed E-state index contributed by atoms with van der Waals surface area (Å²) in [7, 11) is 1.61. The molecule has 0 aliphatic carbocycles. The van der Waals surface area contributed by atoms with Gasteiger partial charge in [0, 0.05) is 42.5 Å². The second-order valence-corrected chi connectivity index (χ2v) is 7.88. The molecule has 31 heavy (non-hydrogen) atoms. The second-order valence-electron chi connectivity index (χ2n) is 7.03. The maximum absolute atomic E-state index is 12.5. The Morgan fingerprint density at radius 1 is 0.968 bits per heavy atom. The Labute approximate surface area is 190 Å². The molecule has 1 aliphatic heterocycles. The molecule has 4 rings (SSSR count). The highest BCUT2D eigenvalue weighted by atomic mass is 35.5. The largest absolute Gasteiger partial charge is 0.497 e. The number of ether oxygens (including phenoxy) is 1. The number of halogens is 2. The molecule has 2 aromatic carbocycles. The number of hydrogen-bond acceptors (Lipinski definition) is 5. The van der Waals surface area contributed by atoms with Crippen LogP contribution in [0.2, 0.25) is 10.0 Å². The van der Waals surface area contributed by atoms with E-state index in [1.54, 1.807) is 24.1 Å². The number of hydrogen-bond donors (Lipinski definition) is 1. The van der Waals surface area contributed by atoms with Crippen molar-refractivity contribution in [2.45, 2.75) is 0 Å². The summed E-state index contributed by atoms with van der Waals surface area (Å²) in [5.74, 6) is 1.51. The lowest BCUT2D eigenvalue weighted by molar-refractivity contribution is 0.208. The van der Waals surface area contributed by atoms with Crippen LogP contribution in [0.25, 0.3) is 11.3 Å². The van der Waals surface area contributed by atoms with Crippen LogP contribution in [0.4, 0.5) is 16.3 Å². The SMILES string of the molecule is COc1ccc(NC(=O)N2CCN(c3ccc(-c4ccc(Cl)cc4Cl)nn3)CC2)cc1. The summed E-state index contributed by atoms with van der Waals surface area (Å²) in [6.45, 7) is 2.53. The molecular weight excluding hydrogens is 437 g/mol. The zero-order valence-corrected chi connectivity index (χ0v) is 18.4. The fourth-order valence-electron chi connectivity index (χ4n) is 3.35.